The van der Waals surface area contributed by atoms with Gasteiger partial charge in [-0.2, -0.15) is 0 Å². The summed E-state index contributed by atoms with van der Waals surface area (Å²) in [4.78, 5) is 0.141. The van der Waals surface area contributed by atoms with Gasteiger partial charge in [-0.25, -0.2) is 0 Å². The van der Waals surface area contributed by atoms with E-state index in [1.165, 1.54) is 0 Å². The highest BCUT2D eigenvalue weighted by atomic mass is 79.9. The molecule has 4 atom stereocenters. The van der Waals surface area contributed by atoms with Crippen LogP contribution in [-0.2, 0) is 4.74 Å². The molecule has 0 aromatic heterocycles. The van der Waals surface area contributed by atoms with Crippen LogP contribution in [-0.4, -0.2) is 40.0 Å². The Kier molecular flexibility index (Phi) is 4.66. The standard InChI is InChI=1S/C9H17BrO3/c1-2-9-6(10)5-8(12)7(11)3-4-13-9/h6-9,11-12H,2-5H2,1H3. The van der Waals surface area contributed by atoms with Gasteiger partial charge in [0.1, 0.15) is 0 Å². The van der Waals surface area contributed by atoms with Crippen LogP contribution in [0.3, 0.4) is 0 Å². The maximum Gasteiger partial charge on any atom is 0.0821 e. The van der Waals surface area contributed by atoms with Crippen LogP contribution in [0.2, 0.25) is 0 Å². The quantitative estimate of drug-likeness (QED) is 0.687. The molecular formula is C9H17BrO3. The molecule has 0 aromatic carbocycles. The normalized spacial score (nSPS) is 42.5. The predicted octanol–water partition coefficient (Wildman–Crippen LogP) is 1.06. The van der Waals surface area contributed by atoms with E-state index in [2.05, 4.69) is 22.9 Å². The third-order valence-corrected chi connectivity index (χ3v) is 3.43. The lowest BCUT2D eigenvalue weighted by Gasteiger charge is -2.29. The fourth-order valence-corrected chi connectivity index (χ4v) is 2.46. The highest BCUT2D eigenvalue weighted by Gasteiger charge is 2.27. The Balaban J connectivity index is 2.51. The molecule has 4 heteroatoms. The molecule has 1 aliphatic rings. The summed E-state index contributed by atoms with van der Waals surface area (Å²) in [5, 5.41) is 18.9. The van der Waals surface area contributed by atoms with Crippen LogP contribution < -0.4 is 0 Å². The van der Waals surface area contributed by atoms with Crippen molar-refractivity contribution in [2.75, 3.05) is 6.61 Å². The molecule has 0 spiro atoms. The van der Waals surface area contributed by atoms with E-state index in [1.54, 1.807) is 0 Å². The van der Waals surface area contributed by atoms with Crippen molar-refractivity contribution in [2.45, 2.75) is 49.3 Å². The highest BCUT2D eigenvalue weighted by Crippen LogP contribution is 2.23. The average molecular weight is 253 g/mol. The van der Waals surface area contributed by atoms with Gasteiger partial charge in [0.2, 0.25) is 0 Å². The number of aliphatic hydroxyl groups excluding tert-OH is 2. The first kappa shape index (κ1) is 11.4. The summed E-state index contributed by atoms with van der Waals surface area (Å²) in [5.41, 5.74) is 0. The molecule has 1 saturated heterocycles. The zero-order valence-electron chi connectivity index (χ0n) is 7.82. The number of hydrogen-bond acceptors (Lipinski definition) is 3. The van der Waals surface area contributed by atoms with E-state index in [-0.39, 0.29) is 10.9 Å². The molecule has 0 saturated carbocycles. The molecular weight excluding hydrogens is 236 g/mol. The minimum Gasteiger partial charge on any atom is -0.390 e. The molecule has 0 aromatic rings. The first-order valence-corrected chi connectivity index (χ1v) is 5.68. The molecule has 1 aliphatic heterocycles. The molecule has 0 amide bonds. The molecule has 0 aliphatic carbocycles. The molecule has 4 unspecified atom stereocenters. The lowest BCUT2D eigenvalue weighted by molar-refractivity contribution is -0.0492. The number of ether oxygens (including phenoxy) is 1. The second kappa shape index (κ2) is 5.29. The topological polar surface area (TPSA) is 49.7 Å². The van der Waals surface area contributed by atoms with Crippen LogP contribution >= 0.6 is 15.9 Å². The van der Waals surface area contributed by atoms with E-state index >= 15 is 0 Å². The first-order chi connectivity index (χ1) is 6.15. The fraction of sp³-hybridized carbons (Fsp3) is 1.00. The Hall–Kier alpha value is 0.360. The van der Waals surface area contributed by atoms with E-state index in [4.69, 9.17) is 4.74 Å². The first-order valence-electron chi connectivity index (χ1n) is 4.77. The van der Waals surface area contributed by atoms with Gasteiger partial charge in [-0.05, 0) is 19.3 Å². The van der Waals surface area contributed by atoms with E-state index in [1.807, 2.05) is 0 Å². The lowest BCUT2D eigenvalue weighted by atomic mass is 10.0. The van der Waals surface area contributed by atoms with Crippen LogP contribution in [0.15, 0.2) is 0 Å². The third kappa shape index (κ3) is 3.20. The van der Waals surface area contributed by atoms with Crippen molar-refractivity contribution >= 4 is 15.9 Å². The van der Waals surface area contributed by atoms with Crippen LogP contribution in [0.5, 0.6) is 0 Å². The Labute approximate surface area is 87.2 Å². The summed E-state index contributed by atoms with van der Waals surface area (Å²) >= 11 is 3.47. The van der Waals surface area contributed by atoms with Gasteiger partial charge in [-0.3, -0.25) is 0 Å². The molecule has 0 radical (unpaired) electrons. The Morgan fingerprint density at radius 3 is 2.69 bits per heavy atom. The van der Waals surface area contributed by atoms with Gasteiger partial charge in [-0.15, -0.1) is 0 Å². The molecule has 3 nitrogen and oxygen atoms in total. The summed E-state index contributed by atoms with van der Waals surface area (Å²) in [6.45, 7) is 2.59. The predicted molar refractivity (Wildman–Crippen MR) is 54.0 cm³/mol. The van der Waals surface area contributed by atoms with Crippen molar-refractivity contribution in [3.05, 3.63) is 0 Å². The number of hydrogen-bond donors (Lipinski definition) is 2. The second-order valence-electron chi connectivity index (χ2n) is 3.49. The van der Waals surface area contributed by atoms with Gasteiger partial charge in [0, 0.05) is 11.4 Å². The third-order valence-electron chi connectivity index (χ3n) is 2.46. The van der Waals surface area contributed by atoms with Gasteiger partial charge in [0.05, 0.1) is 18.3 Å². The molecule has 0 bridgehead atoms. The number of rotatable bonds is 1. The molecule has 13 heavy (non-hydrogen) atoms. The lowest BCUT2D eigenvalue weighted by Crippen LogP contribution is -2.37. The summed E-state index contributed by atoms with van der Waals surface area (Å²) in [5.74, 6) is 0. The largest absolute Gasteiger partial charge is 0.390 e. The van der Waals surface area contributed by atoms with Crippen molar-refractivity contribution in [2.24, 2.45) is 0 Å². The Bertz CT molecular complexity index is 154. The number of alkyl halides is 1. The van der Waals surface area contributed by atoms with Gasteiger partial charge < -0.3 is 14.9 Å². The van der Waals surface area contributed by atoms with Gasteiger partial charge in [-0.1, -0.05) is 22.9 Å². The summed E-state index contributed by atoms with van der Waals surface area (Å²) < 4.78 is 5.55. The number of halogens is 1. The number of aliphatic hydroxyl groups is 2. The van der Waals surface area contributed by atoms with Crippen LogP contribution in [0.4, 0.5) is 0 Å². The zero-order chi connectivity index (χ0) is 9.84. The summed E-state index contributed by atoms with van der Waals surface area (Å²) in [6.07, 6.45) is 0.901. The Morgan fingerprint density at radius 1 is 1.38 bits per heavy atom. The van der Waals surface area contributed by atoms with Crippen molar-refractivity contribution in [1.82, 2.24) is 0 Å². The van der Waals surface area contributed by atoms with Gasteiger partial charge >= 0.3 is 0 Å². The minimum absolute atomic E-state index is 0.141. The van der Waals surface area contributed by atoms with Crippen LogP contribution in [0.1, 0.15) is 26.2 Å². The van der Waals surface area contributed by atoms with E-state index in [9.17, 15) is 10.2 Å². The van der Waals surface area contributed by atoms with Crippen LogP contribution in [0, 0.1) is 0 Å². The molecule has 78 valence electrons. The Morgan fingerprint density at radius 2 is 2.08 bits per heavy atom. The van der Waals surface area contributed by atoms with Crippen molar-refractivity contribution in [1.29, 1.82) is 0 Å². The van der Waals surface area contributed by atoms with Crippen molar-refractivity contribution in [3.8, 4) is 0 Å². The van der Waals surface area contributed by atoms with Gasteiger partial charge in [0.15, 0.2) is 0 Å². The molecule has 1 fully saturated rings. The highest BCUT2D eigenvalue weighted by molar-refractivity contribution is 9.09. The smallest absolute Gasteiger partial charge is 0.0821 e. The summed E-state index contributed by atoms with van der Waals surface area (Å²) in [6, 6.07) is 0. The molecule has 1 heterocycles. The van der Waals surface area contributed by atoms with Gasteiger partial charge in [0.25, 0.3) is 0 Å². The average Bonchev–Trinajstić information content (AvgIpc) is 2.10. The SMILES string of the molecule is CCC1OCCC(O)C(O)CC1Br. The maximum atomic E-state index is 9.53. The van der Waals surface area contributed by atoms with E-state index in [0.29, 0.717) is 19.4 Å². The van der Waals surface area contributed by atoms with E-state index in [0.717, 1.165) is 6.42 Å². The summed E-state index contributed by atoms with van der Waals surface area (Å²) in [7, 11) is 0. The van der Waals surface area contributed by atoms with Crippen molar-refractivity contribution in [3.63, 3.8) is 0 Å². The zero-order valence-corrected chi connectivity index (χ0v) is 9.40. The minimum atomic E-state index is -0.641. The van der Waals surface area contributed by atoms with Crippen molar-refractivity contribution < 1.29 is 14.9 Å². The molecule has 1 rings (SSSR count). The molecule has 2 N–H and O–H groups in total. The second-order valence-corrected chi connectivity index (χ2v) is 4.67. The maximum absolute atomic E-state index is 9.53. The van der Waals surface area contributed by atoms with E-state index < -0.39 is 12.2 Å². The fourth-order valence-electron chi connectivity index (χ4n) is 1.55. The van der Waals surface area contributed by atoms with Crippen LogP contribution in [0.25, 0.3) is 0 Å². The monoisotopic (exact) mass is 252 g/mol.